The van der Waals surface area contributed by atoms with Gasteiger partial charge in [-0.3, -0.25) is 4.57 Å². The van der Waals surface area contributed by atoms with Crippen LogP contribution in [-0.4, -0.2) is 27.6 Å². The number of esters is 1. The Labute approximate surface area is 104 Å². The zero-order valence-electron chi connectivity index (χ0n) is 10.6. The molecule has 0 aromatic carbocycles. The minimum atomic E-state index is -0.471. The quantitative estimate of drug-likeness (QED) is 0.836. The van der Waals surface area contributed by atoms with Gasteiger partial charge in [0.2, 0.25) is 0 Å². The normalized spacial score (nSPS) is 12.6. The van der Waals surface area contributed by atoms with Gasteiger partial charge in [-0.05, 0) is 19.4 Å². The van der Waals surface area contributed by atoms with E-state index in [0.29, 0.717) is 16.7 Å². The maximum absolute atomic E-state index is 11.8. The van der Waals surface area contributed by atoms with Crippen LogP contribution in [0.15, 0.2) is 17.1 Å². The first-order chi connectivity index (χ1) is 8.58. The van der Waals surface area contributed by atoms with Crippen molar-refractivity contribution in [1.29, 1.82) is 0 Å². The molecule has 0 spiro atoms. The largest absolute Gasteiger partial charge is 0.465 e. The smallest absolute Gasteiger partial charge is 0.339 e. The third-order valence-electron chi connectivity index (χ3n) is 3.01. The monoisotopic (exact) mass is 249 g/mol. The van der Waals surface area contributed by atoms with Crippen LogP contribution >= 0.6 is 0 Å². The molecule has 1 unspecified atom stereocenters. The molecule has 2 aromatic rings. The molecule has 6 nitrogen and oxygen atoms in total. The summed E-state index contributed by atoms with van der Waals surface area (Å²) in [5.74, 6) is -0.471. The lowest BCUT2D eigenvalue weighted by atomic mass is 10.2. The second-order valence-electron chi connectivity index (χ2n) is 4.14. The summed E-state index contributed by atoms with van der Waals surface area (Å²) in [4.78, 5) is 30.1. The molecule has 0 aliphatic heterocycles. The molecule has 2 rings (SSSR count). The maximum atomic E-state index is 11.8. The molecular weight excluding hydrogens is 234 g/mol. The molecule has 0 aliphatic rings. The second kappa shape index (κ2) is 4.64. The number of H-pyrrole nitrogens is 1. The number of carbonyl (C=O) groups is 1. The van der Waals surface area contributed by atoms with Crippen LogP contribution in [-0.2, 0) is 4.74 Å². The molecule has 0 bridgehead atoms. The van der Waals surface area contributed by atoms with E-state index in [2.05, 4.69) is 14.7 Å². The van der Waals surface area contributed by atoms with Crippen molar-refractivity contribution < 1.29 is 9.53 Å². The first kappa shape index (κ1) is 12.3. The lowest BCUT2D eigenvalue weighted by Gasteiger charge is -2.09. The lowest BCUT2D eigenvalue weighted by molar-refractivity contribution is 0.0600. The highest BCUT2D eigenvalue weighted by molar-refractivity contribution is 5.92. The number of hydrogen-bond acceptors (Lipinski definition) is 4. The number of aromatic amines is 1. The van der Waals surface area contributed by atoms with Gasteiger partial charge in [0.25, 0.3) is 0 Å². The molecule has 0 saturated carbocycles. The van der Waals surface area contributed by atoms with Crippen molar-refractivity contribution >= 4 is 17.1 Å². The van der Waals surface area contributed by atoms with Gasteiger partial charge in [0.1, 0.15) is 0 Å². The van der Waals surface area contributed by atoms with E-state index in [0.717, 1.165) is 6.42 Å². The number of nitrogens with one attached hydrogen (secondary N) is 1. The van der Waals surface area contributed by atoms with Gasteiger partial charge < -0.3 is 9.72 Å². The van der Waals surface area contributed by atoms with Gasteiger partial charge in [-0.25, -0.2) is 14.6 Å². The van der Waals surface area contributed by atoms with Crippen molar-refractivity contribution in [3.05, 3.63) is 28.3 Å². The number of hydrogen-bond donors (Lipinski definition) is 1. The number of pyridine rings is 1. The van der Waals surface area contributed by atoms with Crippen molar-refractivity contribution in [2.75, 3.05) is 7.11 Å². The van der Waals surface area contributed by atoms with Crippen LogP contribution in [0.5, 0.6) is 0 Å². The van der Waals surface area contributed by atoms with E-state index < -0.39 is 5.97 Å². The van der Waals surface area contributed by atoms with Gasteiger partial charge in [-0.2, -0.15) is 0 Å². The third kappa shape index (κ3) is 1.90. The maximum Gasteiger partial charge on any atom is 0.339 e. The first-order valence-corrected chi connectivity index (χ1v) is 5.77. The zero-order chi connectivity index (χ0) is 13.3. The summed E-state index contributed by atoms with van der Waals surface area (Å²) in [5.41, 5.74) is 1.21. The van der Waals surface area contributed by atoms with Crippen LogP contribution < -0.4 is 5.69 Å². The topological polar surface area (TPSA) is 77.0 Å². The van der Waals surface area contributed by atoms with Crippen LogP contribution in [0, 0.1) is 0 Å². The molecule has 2 aromatic heterocycles. The van der Waals surface area contributed by atoms with Crippen molar-refractivity contribution in [2.45, 2.75) is 26.3 Å². The highest BCUT2D eigenvalue weighted by atomic mass is 16.5. The Balaban J connectivity index is 2.61. The Bertz CT molecular complexity index is 642. The van der Waals surface area contributed by atoms with Crippen molar-refractivity contribution in [2.24, 2.45) is 0 Å². The van der Waals surface area contributed by atoms with Gasteiger partial charge in [-0.1, -0.05) is 6.92 Å². The minimum Gasteiger partial charge on any atom is -0.465 e. The van der Waals surface area contributed by atoms with Crippen molar-refractivity contribution in [3.63, 3.8) is 0 Å². The van der Waals surface area contributed by atoms with Crippen molar-refractivity contribution in [3.8, 4) is 0 Å². The zero-order valence-corrected chi connectivity index (χ0v) is 10.6. The molecule has 18 heavy (non-hydrogen) atoms. The summed E-state index contributed by atoms with van der Waals surface area (Å²) in [7, 11) is 1.31. The molecule has 1 atom stereocenters. The minimum absolute atomic E-state index is 0.0581. The SMILES string of the molecule is CCC(C)n1c(=O)[nH]c2cc(C(=O)OC)cnc21. The fourth-order valence-corrected chi connectivity index (χ4v) is 1.83. The van der Waals surface area contributed by atoms with E-state index in [4.69, 9.17) is 0 Å². The van der Waals surface area contributed by atoms with Crippen LogP contribution in [0.2, 0.25) is 0 Å². The van der Waals surface area contributed by atoms with Crippen LogP contribution in [0.3, 0.4) is 0 Å². The molecule has 0 amide bonds. The van der Waals surface area contributed by atoms with Gasteiger partial charge in [0.15, 0.2) is 5.65 Å². The molecule has 1 N–H and O–H groups in total. The van der Waals surface area contributed by atoms with E-state index in [9.17, 15) is 9.59 Å². The van der Waals surface area contributed by atoms with Crippen molar-refractivity contribution in [1.82, 2.24) is 14.5 Å². The van der Waals surface area contributed by atoms with Crippen LogP contribution in [0.4, 0.5) is 0 Å². The summed E-state index contributed by atoms with van der Waals surface area (Å²) in [5, 5.41) is 0. The number of aromatic nitrogens is 3. The Morgan fingerprint density at radius 2 is 2.33 bits per heavy atom. The summed E-state index contributed by atoms with van der Waals surface area (Å²) < 4.78 is 6.21. The first-order valence-electron chi connectivity index (χ1n) is 5.77. The molecule has 0 saturated heterocycles. The summed E-state index contributed by atoms with van der Waals surface area (Å²) in [6.07, 6.45) is 2.24. The van der Waals surface area contributed by atoms with Gasteiger partial charge in [0, 0.05) is 12.2 Å². The third-order valence-corrected chi connectivity index (χ3v) is 3.01. The molecule has 0 fully saturated rings. The van der Waals surface area contributed by atoms with E-state index >= 15 is 0 Å². The fraction of sp³-hybridized carbons (Fsp3) is 0.417. The van der Waals surface area contributed by atoms with E-state index in [-0.39, 0.29) is 11.7 Å². The molecule has 6 heteroatoms. The molecule has 0 aliphatic carbocycles. The summed E-state index contributed by atoms with van der Waals surface area (Å²) in [6, 6.07) is 1.64. The molecule has 96 valence electrons. The Morgan fingerprint density at radius 1 is 1.61 bits per heavy atom. The van der Waals surface area contributed by atoms with Gasteiger partial charge >= 0.3 is 11.7 Å². The predicted molar refractivity (Wildman–Crippen MR) is 66.7 cm³/mol. The second-order valence-corrected chi connectivity index (χ2v) is 4.14. The number of nitrogens with zero attached hydrogens (tertiary/aromatic N) is 2. The summed E-state index contributed by atoms with van der Waals surface area (Å²) >= 11 is 0. The number of imidazole rings is 1. The Hall–Kier alpha value is -2.11. The number of rotatable bonds is 3. The molecule has 2 heterocycles. The average Bonchev–Trinajstić information content (AvgIpc) is 2.71. The number of carbonyl (C=O) groups excluding carboxylic acids is 1. The standard InChI is InChI=1S/C12H15N3O3/c1-4-7(2)15-10-9(14-12(15)17)5-8(6-13-10)11(16)18-3/h5-7H,4H2,1-3H3,(H,14,17). The number of methoxy groups -OCH3 is 1. The predicted octanol–water partition coefficient (Wildman–Crippen LogP) is 1.48. The van der Waals surface area contributed by atoms with E-state index in [1.54, 1.807) is 10.6 Å². The van der Waals surface area contributed by atoms with Gasteiger partial charge in [0.05, 0.1) is 18.2 Å². The highest BCUT2D eigenvalue weighted by Gasteiger charge is 2.15. The van der Waals surface area contributed by atoms with Crippen LogP contribution in [0.25, 0.3) is 11.2 Å². The highest BCUT2D eigenvalue weighted by Crippen LogP contribution is 2.16. The van der Waals surface area contributed by atoms with Gasteiger partial charge in [-0.15, -0.1) is 0 Å². The van der Waals surface area contributed by atoms with E-state index in [1.807, 2.05) is 13.8 Å². The Morgan fingerprint density at radius 3 is 2.94 bits per heavy atom. The molecular formula is C12H15N3O3. The summed E-state index contributed by atoms with van der Waals surface area (Å²) in [6.45, 7) is 3.95. The Kier molecular flexibility index (Phi) is 3.18. The fourth-order valence-electron chi connectivity index (χ4n) is 1.83. The molecule has 0 radical (unpaired) electrons. The van der Waals surface area contributed by atoms with E-state index in [1.165, 1.54) is 13.3 Å². The lowest BCUT2D eigenvalue weighted by Crippen LogP contribution is -2.20. The van der Waals surface area contributed by atoms with Crippen LogP contribution in [0.1, 0.15) is 36.7 Å². The average molecular weight is 249 g/mol. The number of ether oxygens (including phenoxy) is 1. The number of fused-ring (bicyclic) bond motifs is 1.